The third-order valence-corrected chi connectivity index (χ3v) is 3.95. The van der Waals surface area contributed by atoms with Crippen LogP contribution in [0.25, 0.3) is 0 Å². The lowest BCUT2D eigenvalue weighted by Crippen LogP contribution is -2.31. The highest BCUT2D eigenvalue weighted by atomic mass is 19.4. The second-order valence-corrected chi connectivity index (χ2v) is 5.43. The number of aryl methyl sites for hydroxylation is 1. The van der Waals surface area contributed by atoms with E-state index in [0.717, 1.165) is 0 Å². The van der Waals surface area contributed by atoms with Gasteiger partial charge in [0, 0.05) is 11.5 Å². The van der Waals surface area contributed by atoms with Gasteiger partial charge >= 0.3 is 6.18 Å². The Morgan fingerprint density at radius 2 is 1.95 bits per heavy atom. The van der Waals surface area contributed by atoms with Crippen LogP contribution in [0.15, 0.2) is 18.2 Å². The van der Waals surface area contributed by atoms with Crippen molar-refractivity contribution < 1.29 is 22.4 Å². The van der Waals surface area contributed by atoms with Gasteiger partial charge in [0.05, 0.1) is 5.92 Å². The minimum Gasteiger partial charge on any atom is -0.294 e. The average Bonchev–Trinajstić information content (AvgIpc) is 2.40. The van der Waals surface area contributed by atoms with Gasteiger partial charge in [-0.3, -0.25) is 4.79 Å². The van der Waals surface area contributed by atoms with Gasteiger partial charge in [-0.25, -0.2) is 4.39 Å². The summed E-state index contributed by atoms with van der Waals surface area (Å²) in [5.74, 6) is -2.73. The molecule has 1 aliphatic carbocycles. The molecule has 0 amide bonds. The highest BCUT2D eigenvalue weighted by Crippen LogP contribution is 2.40. The van der Waals surface area contributed by atoms with Crippen LogP contribution in [-0.4, -0.2) is 12.0 Å². The second kappa shape index (κ2) is 5.54. The lowest BCUT2D eigenvalue weighted by Gasteiger charge is -2.29. The van der Waals surface area contributed by atoms with Crippen LogP contribution in [0.3, 0.4) is 0 Å². The maximum absolute atomic E-state index is 13.2. The molecule has 2 rings (SSSR count). The van der Waals surface area contributed by atoms with Gasteiger partial charge in [-0.05, 0) is 49.9 Å². The molecular weight excluding hydrogens is 272 g/mol. The number of hydrogen-bond acceptors (Lipinski definition) is 1. The monoisotopic (exact) mass is 288 g/mol. The van der Waals surface area contributed by atoms with Crippen molar-refractivity contribution in [3.05, 3.63) is 35.1 Å². The van der Waals surface area contributed by atoms with E-state index in [1.54, 1.807) is 0 Å². The number of alkyl halides is 3. The third-order valence-electron chi connectivity index (χ3n) is 3.95. The zero-order valence-corrected chi connectivity index (χ0v) is 11.1. The van der Waals surface area contributed by atoms with Gasteiger partial charge in [0.25, 0.3) is 0 Å². The Balaban J connectivity index is 2.14. The van der Waals surface area contributed by atoms with Crippen LogP contribution in [0.4, 0.5) is 17.6 Å². The van der Waals surface area contributed by atoms with Gasteiger partial charge in [0.15, 0.2) is 5.78 Å². The van der Waals surface area contributed by atoms with Crippen LogP contribution >= 0.6 is 0 Å². The molecule has 2 atom stereocenters. The molecule has 1 saturated carbocycles. The van der Waals surface area contributed by atoms with Crippen LogP contribution in [0, 0.1) is 24.6 Å². The SMILES string of the molecule is Cc1cc(C(=O)C2CCCC(C(F)(F)F)C2)ccc1F. The number of rotatable bonds is 2. The largest absolute Gasteiger partial charge is 0.391 e. The van der Waals surface area contributed by atoms with E-state index in [9.17, 15) is 22.4 Å². The Bertz CT molecular complexity index is 507. The fraction of sp³-hybridized carbons (Fsp3) is 0.533. The number of halogens is 4. The summed E-state index contributed by atoms with van der Waals surface area (Å²) in [6.45, 7) is 1.53. The fourth-order valence-electron chi connectivity index (χ4n) is 2.76. The zero-order chi connectivity index (χ0) is 14.9. The van der Waals surface area contributed by atoms with Crippen LogP contribution in [0.2, 0.25) is 0 Å². The molecule has 1 aromatic rings. The first-order valence-electron chi connectivity index (χ1n) is 6.66. The third kappa shape index (κ3) is 3.19. The van der Waals surface area contributed by atoms with Gasteiger partial charge in [-0.2, -0.15) is 13.2 Å². The summed E-state index contributed by atoms with van der Waals surface area (Å²) in [6, 6.07) is 3.95. The van der Waals surface area contributed by atoms with Crippen molar-refractivity contribution in [1.82, 2.24) is 0 Å². The van der Waals surface area contributed by atoms with Gasteiger partial charge in [-0.1, -0.05) is 6.42 Å². The molecule has 0 aromatic heterocycles. The van der Waals surface area contributed by atoms with Crippen molar-refractivity contribution in [2.45, 2.75) is 38.8 Å². The molecule has 5 heteroatoms. The van der Waals surface area contributed by atoms with E-state index in [0.29, 0.717) is 24.0 Å². The Labute approximate surface area is 115 Å². The minimum absolute atomic E-state index is 0.0930. The standard InChI is InChI=1S/C15H16F4O/c1-9-7-11(5-6-13(9)16)14(20)10-3-2-4-12(8-10)15(17,18)19/h5-7,10,12H,2-4,8H2,1H3. The lowest BCUT2D eigenvalue weighted by atomic mass is 9.77. The molecule has 0 saturated heterocycles. The average molecular weight is 288 g/mol. The van der Waals surface area contributed by atoms with Crippen LogP contribution < -0.4 is 0 Å². The highest BCUT2D eigenvalue weighted by Gasteiger charge is 2.43. The minimum atomic E-state index is -4.24. The topological polar surface area (TPSA) is 17.1 Å². The summed E-state index contributed by atoms with van der Waals surface area (Å²) >= 11 is 0. The highest BCUT2D eigenvalue weighted by molar-refractivity contribution is 5.98. The van der Waals surface area contributed by atoms with E-state index in [1.807, 2.05) is 0 Å². The predicted octanol–water partition coefficient (Wildman–Crippen LogP) is 4.69. The molecule has 0 N–H and O–H groups in total. The van der Waals surface area contributed by atoms with Crippen molar-refractivity contribution in [2.75, 3.05) is 0 Å². The number of ketones is 1. The van der Waals surface area contributed by atoms with E-state index < -0.39 is 23.8 Å². The van der Waals surface area contributed by atoms with Crippen molar-refractivity contribution in [1.29, 1.82) is 0 Å². The molecule has 1 aliphatic rings. The number of carbonyl (C=O) groups excluding carboxylic acids is 1. The van der Waals surface area contributed by atoms with Gasteiger partial charge in [-0.15, -0.1) is 0 Å². The first kappa shape index (κ1) is 15.0. The van der Waals surface area contributed by atoms with E-state index >= 15 is 0 Å². The van der Waals surface area contributed by atoms with E-state index in [-0.39, 0.29) is 18.6 Å². The second-order valence-electron chi connectivity index (χ2n) is 5.43. The molecule has 110 valence electrons. The molecule has 1 nitrogen and oxygen atoms in total. The van der Waals surface area contributed by atoms with E-state index in [4.69, 9.17) is 0 Å². The van der Waals surface area contributed by atoms with Crippen LogP contribution in [0.5, 0.6) is 0 Å². The van der Waals surface area contributed by atoms with Crippen molar-refractivity contribution in [2.24, 2.45) is 11.8 Å². The Hall–Kier alpha value is -1.39. The molecule has 2 unspecified atom stereocenters. The van der Waals surface area contributed by atoms with Crippen LogP contribution in [0.1, 0.15) is 41.6 Å². The van der Waals surface area contributed by atoms with Crippen molar-refractivity contribution in [3.63, 3.8) is 0 Å². The molecular formula is C15H16F4O. The normalized spacial score (nSPS) is 23.6. The van der Waals surface area contributed by atoms with Crippen molar-refractivity contribution in [3.8, 4) is 0 Å². The quantitative estimate of drug-likeness (QED) is 0.570. The zero-order valence-electron chi connectivity index (χ0n) is 11.1. The number of carbonyl (C=O) groups is 1. The lowest BCUT2D eigenvalue weighted by molar-refractivity contribution is -0.184. The molecule has 0 heterocycles. The van der Waals surface area contributed by atoms with E-state index in [2.05, 4.69) is 0 Å². The molecule has 0 aliphatic heterocycles. The van der Waals surface area contributed by atoms with E-state index in [1.165, 1.54) is 25.1 Å². The number of Topliss-reactive ketones (excluding diaryl/α,β-unsaturated/α-hetero) is 1. The summed E-state index contributed by atoms with van der Waals surface area (Å²) in [5.41, 5.74) is 0.635. The molecule has 1 fully saturated rings. The first-order valence-corrected chi connectivity index (χ1v) is 6.66. The summed E-state index contributed by atoms with van der Waals surface area (Å²) in [4.78, 5) is 12.2. The maximum atomic E-state index is 13.2. The summed E-state index contributed by atoms with van der Waals surface area (Å²) < 4.78 is 51.4. The molecule has 0 spiro atoms. The Kier molecular flexibility index (Phi) is 4.16. The number of benzene rings is 1. The Morgan fingerprint density at radius 3 is 2.55 bits per heavy atom. The Morgan fingerprint density at radius 1 is 1.25 bits per heavy atom. The number of hydrogen-bond donors (Lipinski definition) is 0. The first-order chi connectivity index (χ1) is 9.29. The van der Waals surface area contributed by atoms with Crippen molar-refractivity contribution >= 4 is 5.78 Å². The summed E-state index contributed by atoms with van der Waals surface area (Å²) in [7, 11) is 0. The fourth-order valence-corrected chi connectivity index (χ4v) is 2.76. The molecule has 1 aromatic carbocycles. The maximum Gasteiger partial charge on any atom is 0.391 e. The predicted molar refractivity (Wildman–Crippen MR) is 67.0 cm³/mol. The van der Waals surface area contributed by atoms with Gasteiger partial charge in [0.2, 0.25) is 0 Å². The smallest absolute Gasteiger partial charge is 0.294 e. The molecule has 0 bridgehead atoms. The molecule has 0 radical (unpaired) electrons. The van der Waals surface area contributed by atoms with Gasteiger partial charge < -0.3 is 0 Å². The summed E-state index contributed by atoms with van der Waals surface area (Å²) in [5, 5.41) is 0. The van der Waals surface area contributed by atoms with Crippen LogP contribution in [-0.2, 0) is 0 Å². The van der Waals surface area contributed by atoms with Gasteiger partial charge in [0.1, 0.15) is 5.82 Å². The summed E-state index contributed by atoms with van der Waals surface area (Å²) in [6.07, 6.45) is -3.42. The molecule has 20 heavy (non-hydrogen) atoms.